The lowest BCUT2D eigenvalue weighted by atomic mass is 9.97. The van der Waals surface area contributed by atoms with Crippen molar-refractivity contribution in [3.8, 4) is 11.5 Å². The van der Waals surface area contributed by atoms with Crippen molar-refractivity contribution in [1.29, 1.82) is 0 Å². The van der Waals surface area contributed by atoms with E-state index in [0.717, 1.165) is 0 Å². The third-order valence-electron chi connectivity index (χ3n) is 6.37. The first-order valence-corrected chi connectivity index (χ1v) is 13.4. The van der Waals surface area contributed by atoms with Gasteiger partial charge >= 0.3 is 5.97 Å². The molecule has 2 heterocycles. The first-order valence-electron chi connectivity index (χ1n) is 12.6. The van der Waals surface area contributed by atoms with Gasteiger partial charge in [0.1, 0.15) is 5.58 Å². The Morgan fingerprint density at radius 3 is 2.31 bits per heavy atom. The molecular formula is C30H26BrNO7. The van der Waals surface area contributed by atoms with Crippen LogP contribution < -0.4 is 19.8 Å². The predicted molar refractivity (Wildman–Crippen MR) is 150 cm³/mol. The minimum absolute atomic E-state index is 0.0267. The number of ether oxygens (including phenoxy) is 3. The van der Waals surface area contributed by atoms with E-state index >= 15 is 0 Å². The molecule has 4 aromatic rings. The van der Waals surface area contributed by atoms with Gasteiger partial charge in [0.05, 0.1) is 42.4 Å². The van der Waals surface area contributed by atoms with Gasteiger partial charge < -0.3 is 18.6 Å². The highest BCUT2D eigenvalue weighted by atomic mass is 79.9. The minimum atomic E-state index is -0.810. The summed E-state index contributed by atoms with van der Waals surface area (Å²) in [6, 6.07) is 16.1. The van der Waals surface area contributed by atoms with Crippen LogP contribution in [0.3, 0.4) is 0 Å². The van der Waals surface area contributed by atoms with E-state index in [0.29, 0.717) is 57.0 Å². The zero-order valence-corrected chi connectivity index (χ0v) is 23.2. The number of fused-ring (bicyclic) bond motifs is 2. The van der Waals surface area contributed by atoms with E-state index in [4.69, 9.17) is 18.6 Å². The molecule has 0 saturated heterocycles. The monoisotopic (exact) mass is 591 g/mol. The number of hydrogen-bond donors (Lipinski definition) is 0. The Morgan fingerprint density at radius 2 is 1.62 bits per heavy atom. The third kappa shape index (κ3) is 4.78. The zero-order valence-electron chi connectivity index (χ0n) is 21.7. The maximum atomic E-state index is 13.9. The number of carbonyl (C=O) groups is 2. The summed E-state index contributed by atoms with van der Waals surface area (Å²) in [4.78, 5) is 41.5. The Balaban J connectivity index is 1.71. The molecule has 0 aliphatic carbocycles. The van der Waals surface area contributed by atoms with Crippen LogP contribution in [0.2, 0.25) is 0 Å². The van der Waals surface area contributed by atoms with Gasteiger partial charge in [-0.05, 0) is 80.9 Å². The molecule has 1 aliphatic rings. The van der Waals surface area contributed by atoms with Gasteiger partial charge in [-0.2, -0.15) is 0 Å². The van der Waals surface area contributed by atoms with Crippen LogP contribution in [0.5, 0.6) is 11.5 Å². The molecule has 1 atom stereocenters. The predicted octanol–water partition coefficient (Wildman–Crippen LogP) is 6.28. The van der Waals surface area contributed by atoms with Crippen molar-refractivity contribution in [1.82, 2.24) is 0 Å². The molecule has 3 aromatic carbocycles. The van der Waals surface area contributed by atoms with E-state index < -0.39 is 17.9 Å². The summed E-state index contributed by atoms with van der Waals surface area (Å²) in [6.07, 6.45) is 0. The molecule has 0 saturated carbocycles. The van der Waals surface area contributed by atoms with Crippen LogP contribution in [-0.4, -0.2) is 31.7 Å². The summed E-state index contributed by atoms with van der Waals surface area (Å²) < 4.78 is 23.4. The molecule has 9 heteroatoms. The van der Waals surface area contributed by atoms with E-state index in [2.05, 4.69) is 15.9 Å². The molecule has 1 aromatic heterocycles. The molecule has 8 nitrogen and oxygen atoms in total. The quantitative estimate of drug-likeness (QED) is 0.222. The van der Waals surface area contributed by atoms with Crippen LogP contribution in [0.15, 0.2) is 74.3 Å². The highest BCUT2D eigenvalue weighted by Gasteiger charge is 2.44. The highest BCUT2D eigenvalue weighted by Crippen LogP contribution is 2.43. The Labute approximate surface area is 233 Å². The molecule has 1 aliphatic heterocycles. The SMILES string of the molecule is CCOC(=O)c1ccc(N2C(=O)c3oc4ccc(Br)cc4c(=O)c3C2c2ccc(OCC)c(OCC)c2)cc1. The van der Waals surface area contributed by atoms with E-state index in [1.54, 1.807) is 61.5 Å². The van der Waals surface area contributed by atoms with E-state index in [1.165, 1.54) is 4.90 Å². The maximum Gasteiger partial charge on any atom is 0.338 e. The fourth-order valence-corrected chi connectivity index (χ4v) is 5.10. The first kappa shape index (κ1) is 26.5. The van der Waals surface area contributed by atoms with Crippen molar-refractivity contribution >= 4 is 44.5 Å². The number of anilines is 1. The number of nitrogens with zero attached hydrogens (tertiary/aromatic N) is 1. The summed E-state index contributed by atoms with van der Waals surface area (Å²) in [5, 5.41) is 0.358. The Morgan fingerprint density at radius 1 is 0.897 bits per heavy atom. The summed E-state index contributed by atoms with van der Waals surface area (Å²) in [6.45, 7) is 6.59. The molecule has 5 rings (SSSR count). The van der Waals surface area contributed by atoms with Gasteiger partial charge in [0.2, 0.25) is 5.76 Å². The van der Waals surface area contributed by atoms with Crippen LogP contribution in [0.25, 0.3) is 11.0 Å². The van der Waals surface area contributed by atoms with Gasteiger partial charge in [0.15, 0.2) is 16.9 Å². The van der Waals surface area contributed by atoms with Gasteiger partial charge in [-0.25, -0.2) is 4.79 Å². The molecule has 0 spiro atoms. The summed E-state index contributed by atoms with van der Waals surface area (Å²) >= 11 is 3.42. The number of hydrogen-bond acceptors (Lipinski definition) is 7. The number of carbonyl (C=O) groups excluding carboxylic acids is 2. The van der Waals surface area contributed by atoms with Crippen LogP contribution in [0.4, 0.5) is 5.69 Å². The average molecular weight is 592 g/mol. The van der Waals surface area contributed by atoms with Crippen molar-refractivity contribution in [2.24, 2.45) is 0 Å². The zero-order chi connectivity index (χ0) is 27.7. The average Bonchev–Trinajstić information content (AvgIpc) is 3.23. The van der Waals surface area contributed by atoms with Gasteiger partial charge in [-0.15, -0.1) is 0 Å². The van der Waals surface area contributed by atoms with Crippen molar-refractivity contribution in [3.63, 3.8) is 0 Å². The standard InChI is InChI=1S/C30H26BrNO7/c1-4-36-23-13-9-18(15-24(23)37-5-2)26-25-27(33)21-16-19(31)10-14-22(21)39-28(25)29(34)32(26)20-11-7-17(8-12-20)30(35)38-6-3/h7-16,26H,4-6H2,1-3H3. The lowest BCUT2D eigenvalue weighted by molar-refractivity contribution is 0.0526. The number of benzene rings is 3. The van der Waals surface area contributed by atoms with E-state index in [9.17, 15) is 14.4 Å². The molecule has 0 N–H and O–H groups in total. The second-order valence-electron chi connectivity index (χ2n) is 8.73. The maximum absolute atomic E-state index is 13.9. The van der Waals surface area contributed by atoms with Crippen molar-refractivity contribution in [2.45, 2.75) is 26.8 Å². The second-order valence-corrected chi connectivity index (χ2v) is 9.65. The van der Waals surface area contributed by atoms with E-state index in [-0.39, 0.29) is 23.4 Å². The number of amides is 1. The molecule has 1 amide bonds. The number of rotatable bonds is 8. The van der Waals surface area contributed by atoms with Crippen LogP contribution >= 0.6 is 15.9 Å². The highest BCUT2D eigenvalue weighted by molar-refractivity contribution is 9.10. The second kappa shape index (κ2) is 10.9. The number of esters is 1. The van der Waals surface area contributed by atoms with Crippen LogP contribution in [0.1, 0.15) is 58.9 Å². The van der Waals surface area contributed by atoms with Crippen LogP contribution in [0, 0.1) is 0 Å². The normalized spacial score (nSPS) is 14.4. The molecule has 0 fully saturated rings. The molecule has 200 valence electrons. The Kier molecular flexibility index (Phi) is 7.43. The van der Waals surface area contributed by atoms with E-state index in [1.807, 2.05) is 19.9 Å². The Bertz CT molecular complexity index is 1630. The number of halogens is 1. The van der Waals surface area contributed by atoms with Gasteiger partial charge in [0.25, 0.3) is 5.91 Å². The largest absolute Gasteiger partial charge is 0.490 e. The molecular weight excluding hydrogens is 566 g/mol. The lowest BCUT2D eigenvalue weighted by Gasteiger charge is -2.26. The van der Waals surface area contributed by atoms with Gasteiger partial charge in [0, 0.05) is 10.2 Å². The Hall–Kier alpha value is -4.11. The molecule has 0 radical (unpaired) electrons. The summed E-state index contributed by atoms with van der Waals surface area (Å²) in [5.74, 6) is 0.114. The molecule has 0 bridgehead atoms. The summed E-state index contributed by atoms with van der Waals surface area (Å²) in [7, 11) is 0. The van der Waals surface area contributed by atoms with Crippen molar-refractivity contribution in [3.05, 3.63) is 97.8 Å². The molecule has 39 heavy (non-hydrogen) atoms. The lowest BCUT2D eigenvalue weighted by Crippen LogP contribution is -2.29. The first-order chi connectivity index (χ1) is 18.9. The fraction of sp³-hybridized carbons (Fsp3) is 0.233. The summed E-state index contributed by atoms with van der Waals surface area (Å²) in [5.41, 5.74) is 1.72. The fourth-order valence-electron chi connectivity index (χ4n) is 4.74. The smallest absolute Gasteiger partial charge is 0.338 e. The molecule has 1 unspecified atom stereocenters. The van der Waals surface area contributed by atoms with Crippen molar-refractivity contribution in [2.75, 3.05) is 24.7 Å². The van der Waals surface area contributed by atoms with Crippen LogP contribution in [-0.2, 0) is 4.74 Å². The minimum Gasteiger partial charge on any atom is -0.490 e. The van der Waals surface area contributed by atoms with Gasteiger partial charge in [-0.1, -0.05) is 22.0 Å². The topological polar surface area (TPSA) is 95.3 Å². The van der Waals surface area contributed by atoms with Crippen molar-refractivity contribution < 1.29 is 28.2 Å². The van der Waals surface area contributed by atoms with Gasteiger partial charge in [-0.3, -0.25) is 14.5 Å². The third-order valence-corrected chi connectivity index (χ3v) is 6.87.